The summed E-state index contributed by atoms with van der Waals surface area (Å²) in [5, 5.41) is 1.21. The molecule has 4 atom stereocenters. The molecule has 8 heteroatoms. The van der Waals surface area contributed by atoms with Crippen molar-refractivity contribution >= 4 is 35.2 Å². The average Bonchev–Trinajstić information content (AvgIpc) is 3.04. The molecule has 2 aromatic rings. The third-order valence-electron chi connectivity index (χ3n) is 6.88. The first-order valence-corrected chi connectivity index (χ1v) is 12.1. The van der Waals surface area contributed by atoms with Gasteiger partial charge in [-0.15, -0.1) is 0 Å². The normalized spacial score (nSPS) is 26.9. The molecule has 1 saturated carbocycles. The van der Waals surface area contributed by atoms with Crippen LogP contribution in [-0.4, -0.2) is 41.7 Å². The number of carbonyl (C=O) groups is 2. The summed E-state index contributed by atoms with van der Waals surface area (Å²) in [6.07, 6.45) is 0.426. The Balaban J connectivity index is 1.79. The summed E-state index contributed by atoms with van der Waals surface area (Å²) in [6.45, 7) is 5.51. The second-order valence-corrected chi connectivity index (χ2v) is 11.0. The highest BCUT2D eigenvalue weighted by Gasteiger charge is 2.60. The topological polar surface area (TPSA) is 81.9 Å². The molecular weight excluding hydrogens is 475 g/mol. The van der Waals surface area contributed by atoms with Gasteiger partial charge in [-0.05, 0) is 80.8 Å². The number of rotatable bonds is 3. The van der Waals surface area contributed by atoms with Crippen molar-refractivity contribution in [3.05, 3.63) is 63.6 Å². The highest BCUT2D eigenvalue weighted by Crippen LogP contribution is 2.55. The van der Waals surface area contributed by atoms with Crippen molar-refractivity contribution in [2.75, 3.05) is 13.7 Å². The van der Waals surface area contributed by atoms with E-state index in [-0.39, 0.29) is 30.2 Å². The van der Waals surface area contributed by atoms with Crippen LogP contribution in [0.15, 0.2) is 42.5 Å². The second-order valence-electron chi connectivity index (χ2n) is 10.2. The molecule has 1 aliphatic heterocycles. The number of nitrogens with two attached hydrogens (primary N) is 1. The largest absolute Gasteiger partial charge is 0.496 e. The smallest absolute Gasteiger partial charge is 0.417 e. The van der Waals surface area contributed by atoms with Crippen molar-refractivity contribution in [2.24, 2.45) is 11.7 Å². The number of methoxy groups -OCH3 is 1. The van der Waals surface area contributed by atoms with E-state index < -0.39 is 17.2 Å². The van der Waals surface area contributed by atoms with Crippen LogP contribution in [0.25, 0.3) is 0 Å². The van der Waals surface area contributed by atoms with E-state index >= 15 is 0 Å². The van der Waals surface area contributed by atoms with E-state index in [4.69, 9.17) is 38.4 Å². The molecule has 1 saturated heterocycles. The SMILES string of the molecule is COc1cc(Cl)ccc1[C@@H]1CC[C@@]2(N)C(=O)N(C(=O)OC(C)(C)C)C[C@H]2[C@H]1c1ccc(Cl)cc1. The summed E-state index contributed by atoms with van der Waals surface area (Å²) in [5.74, 6) is -0.154. The molecule has 0 bridgehead atoms. The van der Waals surface area contributed by atoms with Crippen LogP contribution >= 0.6 is 23.2 Å². The number of halogens is 2. The zero-order valence-electron chi connectivity index (χ0n) is 19.8. The molecule has 6 nitrogen and oxygen atoms in total. The van der Waals surface area contributed by atoms with Crippen molar-refractivity contribution in [2.45, 2.75) is 56.6 Å². The van der Waals surface area contributed by atoms with Crippen LogP contribution in [0.2, 0.25) is 10.0 Å². The minimum absolute atomic E-state index is 0.00135. The van der Waals surface area contributed by atoms with Crippen LogP contribution in [-0.2, 0) is 9.53 Å². The van der Waals surface area contributed by atoms with E-state index in [1.807, 2.05) is 36.4 Å². The molecular formula is C26H30Cl2N2O4. The lowest BCUT2D eigenvalue weighted by Crippen LogP contribution is -2.56. The number of ether oxygens (including phenoxy) is 2. The van der Waals surface area contributed by atoms with Gasteiger partial charge in [0.25, 0.3) is 5.91 Å². The monoisotopic (exact) mass is 504 g/mol. The van der Waals surface area contributed by atoms with E-state index in [1.165, 1.54) is 4.90 Å². The lowest BCUT2D eigenvalue weighted by molar-refractivity contribution is -0.132. The number of likely N-dealkylation sites (tertiary alicyclic amines) is 1. The van der Waals surface area contributed by atoms with Crippen molar-refractivity contribution in [3.8, 4) is 5.75 Å². The highest BCUT2D eigenvalue weighted by molar-refractivity contribution is 6.31. The molecule has 2 fully saturated rings. The van der Waals surface area contributed by atoms with E-state index in [0.29, 0.717) is 28.6 Å². The third kappa shape index (κ3) is 4.51. The molecule has 1 aliphatic carbocycles. The van der Waals surface area contributed by atoms with Gasteiger partial charge in [-0.1, -0.05) is 41.4 Å². The molecule has 4 rings (SSSR count). The Hall–Kier alpha value is -2.28. The summed E-state index contributed by atoms with van der Waals surface area (Å²) in [5.41, 5.74) is 6.93. The Morgan fingerprint density at radius 2 is 1.76 bits per heavy atom. The Bertz CT molecular complexity index is 1100. The summed E-state index contributed by atoms with van der Waals surface area (Å²) < 4.78 is 11.2. The van der Waals surface area contributed by atoms with Crippen molar-refractivity contribution < 1.29 is 19.1 Å². The first-order valence-electron chi connectivity index (χ1n) is 11.4. The van der Waals surface area contributed by atoms with Gasteiger partial charge < -0.3 is 15.2 Å². The van der Waals surface area contributed by atoms with Gasteiger partial charge in [0.05, 0.1) is 7.11 Å². The first kappa shape index (κ1) is 24.8. The lowest BCUT2D eigenvalue weighted by Gasteiger charge is -2.44. The van der Waals surface area contributed by atoms with Crippen LogP contribution < -0.4 is 10.5 Å². The number of nitrogens with zero attached hydrogens (tertiary/aromatic N) is 1. The van der Waals surface area contributed by atoms with Gasteiger partial charge >= 0.3 is 6.09 Å². The molecule has 2 amide bonds. The standard InChI is InChI=1S/C26H30Cl2N2O4/c1-25(2,3)34-24(32)30-14-20-22(15-5-7-16(27)8-6-15)19(11-12-26(20,29)23(30)31)18-10-9-17(28)13-21(18)33-4/h5-10,13,19-20,22H,11-12,14,29H2,1-4H3/t19-,20-,22-,26-/m0/s1. The maximum Gasteiger partial charge on any atom is 0.417 e. The van der Waals surface area contributed by atoms with E-state index in [1.54, 1.807) is 33.9 Å². The fraction of sp³-hybridized carbons (Fsp3) is 0.462. The number of hydrogen-bond acceptors (Lipinski definition) is 5. The van der Waals surface area contributed by atoms with E-state index in [9.17, 15) is 9.59 Å². The van der Waals surface area contributed by atoms with Crippen molar-refractivity contribution in [3.63, 3.8) is 0 Å². The predicted octanol–water partition coefficient (Wildman–Crippen LogP) is 5.75. The molecule has 2 N–H and O–H groups in total. The zero-order valence-corrected chi connectivity index (χ0v) is 21.3. The van der Waals surface area contributed by atoms with E-state index in [2.05, 4.69) is 0 Å². The Morgan fingerprint density at radius 1 is 1.12 bits per heavy atom. The second kappa shape index (κ2) is 9.06. The maximum atomic E-state index is 13.5. The number of fused-ring (bicyclic) bond motifs is 1. The zero-order chi connectivity index (χ0) is 24.8. The van der Waals surface area contributed by atoms with Crippen LogP contribution in [0.3, 0.4) is 0 Å². The number of hydrogen-bond donors (Lipinski definition) is 1. The number of amides is 2. The van der Waals surface area contributed by atoms with Crippen LogP contribution in [0, 0.1) is 5.92 Å². The summed E-state index contributed by atoms with van der Waals surface area (Å²) in [7, 11) is 1.62. The summed E-state index contributed by atoms with van der Waals surface area (Å²) in [6, 6.07) is 13.2. The van der Waals surface area contributed by atoms with E-state index in [0.717, 1.165) is 11.1 Å². The molecule has 0 aromatic heterocycles. The third-order valence-corrected chi connectivity index (χ3v) is 7.37. The van der Waals surface area contributed by atoms with Crippen molar-refractivity contribution in [1.82, 2.24) is 4.90 Å². The molecule has 0 spiro atoms. The van der Waals surface area contributed by atoms with Gasteiger partial charge in [-0.3, -0.25) is 4.79 Å². The quantitative estimate of drug-likeness (QED) is 0.574. The molecule has 34 heavy (non-hydrogen) atoms. The molecule has 182 valence electrons. The van der Waals surface area contributed by atoms with Gasteiger partial charge in [-0.2, -0.15) is 0 Å². The average molecular weight is 505 g/mol. The highest BCUT2D eigenvalue weighted by atomic mass is 35.5. The first-order chi connectivity index (χ1) is 15.9. The van der Waals surface area contributed by atoms with Crippen LogP contribution in [0.5, 0.6) is 5.75 Å². The number of imide groups is 1. The Kier molecular flexibility index (Phi) is 6.62. The van der Waals surface area contributed by atoms with Gasteiger partial charge in [0.1, 0.15) is 16.9 Å². The van der Waals surface area contributed by atoms with Crippen LogP contribution in [0.4, 0.5) is 4.79 Å². The number of carbonyl (C=O) groups excluding carboxylic acids is 2. The molecule has 1 heterocycles. The fourth-order valence-corrected chi connectivity index (χ4v) is 5.69. The molecule has 0 unspecified atom stereocenters. The van der Waals surface area contributed by atoms with Crippen LogP contribution in [0.1, 0.15) is 56.6 Å². The Labute approximate surface area is 210 Å². The summed E-state index contributed by atoms with van der Waals surface area (Å²) >= 11 is 12.4. The molecule has 2 aromatic carbocycles. The maximum absolute atomic E-state index is 13.5. The minimum Gasteiger partial charge on any atom is -0.496 e. The van der Waals surface area contributed by atoms with Gasteiger partial charge in [0.15, 0.2) is 0 Å². The fourth-order valence-electron chi connectivity index (χ4n) is 5.40. The molecule has 2 aliphatic rings. The predicted molar refractivity (Wildman–Crippen MR) is 133 cm³/mol. The lowest BCUT2D eigenvalue weighted by atomic mass is 9.60. The molecule has 0 radical (unpaired) electrons. The van der Waals surface area contributed by atoms with Crippen molar-refractivity contribution in [1.29, 1.82) is 0 Å². The Morgan fingerprint density at radius 3 is 2.38 bits per heavy atom. The van der Waals surface area contributed by atoms with Gasteiger partial charge in [-0.25, -0.2) is 9.69 Å². The van der Waals surface area contributed by atoms with Gasteiger partial charge in [0, 0.05) is 22.5 Å². The summed E-state index contributed by atoms with van der Waals surface area (Å²) in [4.78, 5) is 27.6. The minimum atomic E-state index is -1.17. The number of benzene rings is 2. The van der Waals surface area contributed by atoms with Gasteiger partial charge in [0.2, 0.25) is 0 Å².